The molecule has 0 amide bonds. The molecule has 0 unspecified atom stereocenters. The highest BCUT2D eigenvalue weighted by molar-refractivity contribution is 5.93. The minimum absolute atomic E-state index is 0.0860. The van der Waals surface area contributed by atoms with Crippen molar-refractivity contribution in [3.63, 3.8) is 0 Å². The zero-order chi connectivity index (χ0) is 13.7. The molecule has 1 heterocycles. The Morgan fingerprint density at radius 1 is 1.16 bits per heavy atom. The number of hydrogen-bond donors (Lipinski definition) is 2. The number of nitrogens with zero attached hydrogens (tertiary/aromatic N) is 1. The number of hydrogen-bond acceptors (Lipinski definition) is 4. The molecule has 0 saturated carbocycles. The Morgan fingerprint density at radius 2 is 1.84 bits per heavy atom. The molecule has 0 spiro atoms. The molecule has 2 rings (SSSR count). The lowest BCUT2D eigenvalue weighted by molar-refractivity contribution is 0.339. The zero-order valence-electron chi connectivity index (χ0n) is 10.6. The first-order chi connectivity index (χ1) is 9.19. The molecule has 0 saturated heterocycles. The van der Waals surface area contributed by atoms with Gasteiger partial charge in [-0.25, -0.2) is 4.98 Å². The Hall–Kier alpha value is -2.56. The van der Waals surface area contributed by atoms with Crippen LogP contribution in [0.5, 0.6) is 17.4 Å². The zero-order valence-corrected chi connectivity index (χ0v) is 10.6. The van der Waals surface area contributed by atoms with E-state index in [2.05, 4.69) is 4.98 Å². The number of ether oxygens (including phenoxy) is 2. The highest BCUT2D eigenvalue weighted by atomic mass is 16.5. The van der Waals surface area contributed by atoms with Crippen molar-refractivity contribution in [2.75, 3.05) is 6.61 Å². The van der Waals surface area contributed by atoms with E-state index in [1.54, 1.807) is 30.3 Å². The van der Waals surface area contributed by atoms with Crippen LogP contribution in [-0.2, 0) is 0 Å². The summed E-state index contributed by atoms with van der Waals surface area (Å²) in [7, 11) is 0. The second-order valence-corrected chi connectivity index (χ2v) is 3.78. The van der Waals surface area contributed by atoms with Gasteiger partial charge >= 0.3 is 0 Å². The van der Waals surface area contributed by atoms with Crippen LogP contribution in [0.15, 0.2) is 42.5 Å². The smallest absolute Gasteiger partial charge is 0.219 e. The van der Waals surface area contributed by atoms with Crippen molar-refractivity contribution in [3.8, 4) is 17.4 Å². The Labute approximate surface area is 111 Å². The summed E-state index contributed by atoms with van der Waals surface area (Å²) >= 11 is 0. The SMILES string of the molecule is CCOc1ccc(Oc2cccc(C(=N)N)n2)cc1. The Balaban J connectivity index is 2.12. The van der Waals surface area contributed by atoms with Gasteiger partial charge in [0.05, 0.1) is 6.61 Å². The molecule has 0 radical (unpaired) electrons. The quantitative estimate of drug-likeness (QED) is 0.637. The number of benzene rings is 1. The largest absolute Gasteiger partial charge is 0.494 e. The third-order valence-corrected chi connectivity index (χ3v) is 2.36. The van der Waals surface area contributed by atoms with Gasteiger partial charge in [0.1, 0.15) is 23.0 Å². The van der Waals surface area contributed by atoms with E-state index < -0.39 is 0 Å². The maximum atomic E-state index is 7.33. The highest BCUT2D eigenvalue weighted by Crippen LogP contribution is 2.22. The van der Waals surface area contributed by atoms with Crippen LogP contribution in [-0.4, -0.2) is 17.4 Å². The Kier molecular flexibility index (Phi) is 3.97. The minimum Gasteiger partial charge on any atom is -0.494 e. The Bertz CT molecular complexity index is 567. The van der Waals surface area contributed by atoms with Crippen LogP contribution < -0.4 is 15.2 Å². The fraction of sp³-hybridized carbons (Fsp3) is 0.143. The van der Waals surface area contributed by atoms with Crippen molar-refractivity contribution in [3.05, 3.63) is 48.2 Å². The van der Waals surface area contributed by atoms with E-state index in [0.717, 1.165) is 5.75 Å². The molecule has 1 aromatic heterocycles. The maximum Gasteiger partial charge on any atom is 0.219 e. The van der Waals surface area contributed by atoms with E-state index >= 15 is 0 Å². The van der Waals surface area contributed by atoms with Gasteiger partial charge in [0.25, 0.3) is 0 Å². The van der Waals surface area contributed by atoms with Gasteiger partial charge in [0.15, 0.2) is 0 Å². The summed E-state index contributed by atoms with van der Waals surface area (Å²) in [6, 6.07) is 12.4. The van der Waals surface area contributed by atoms with Crippen LogP contribution >= 0.6 is 0 Å². The predicted molar refractivity (Wildman–Crippen MR) is 72.9 cm³/mol. The third-order valence-electron chi connectivity index (χ3n) is 2.36. The van der Waals surface area contributed by atoms with Crippen LogP contribution in [0.2, 0.25) is 0 Å². The van der Waals surface area contributed by atoms with Crippen LogP contribution in [0, 0.1) is 5.41 Å². The molecule has 98 valence electrons. The van der Waals surface area contributed by atoms with Crippen molar-refractivity contribution >= 4 is 5.84 Å². The molecule has 5 heteroatoms. The normalized spacial score (nSPS) is 9.95. The van der Waals surface area contributed by atoms with Crippen LogP contribution in [0.1, 0.15) is 12.6 Å². The average Bonchev–Trinajstić information content (AvgIpc) is 2.42. The molecule has 0 atom stereocenters. The summed E-state index contributed by atoms with van der Waals surface area (Å²) in [5.41, 5.74) is 5.77. The Morgan fingerprint density at radius 3 is 2.47 bits per heavy atom. The van der Waals surface area contributed by atoms with Crippen molar-refractivity contribution in [2.45, 2.75) is 6.92 Å². The summed E-state index contributed by atoms with van der Waals surface area (Å²) in [4.78, 5) is 4.12. The van der Waals surface area contributed by atoms with Gasteiger partial charge in [-0.2, -0.15) is 0 Å². The van der Waals surface area contributed by atoms with Crippen LogP contribution in [0.25, 0.3) is 0 Å². The number of pyridine rings is 1. The summed E-state index contributed by atoms with van der Waals surface area (Å²) in [6.45, 7) is 2.56. The first kappa shape index (κ1) is 12.9. The molecule has 0 aliphatic carbocycles. The number of aromatic nitrogens is 1. The second-order valence-electron chi connectivity index (χ2n) is 3.78. The van der Waals surface area contributed by atoms with E-state index in [1.807, 2.05) is 19.1 Å². The summed E-state index contributed by atoms with van der Waals surface area (Å²) in [5, 5.41) is 7.33. The molecule has 0 fully saturated rings. The van der Waals surface area contributed by atoms with Crippen molar-refractivity contribution in [1.82, 2.24) is 4.98 Å². The summed E-state index contributed by atoms with van der Waals surface area (Å²) in [5.74, 6) is 1.76. The fourth-order valence-electron chi connectivity index (χ4n) is 1.51. The first-order valence-electron chi connectivity index (χ1n) is 5.91. The monoisotopic (exact) mass is 257 g/mol. The van der Waals surface area contributed by atoms with E-state index in [0.29, 0.717) is 23.9 Å². The molecule has 5 nitrogen and oxygen atoms in total. The lowest BCUT2D eigenvalue weighted by Crippen LogP contribution is -2.13. The highest BCUT2D eigenvalue weighted by Gasteiger charge is 2.03. The molecule has 0 bridgehead atoms. The number of amidine groups is 1. The van der Waals surface area contributed by atoms with E-state index in [-0.39, 0.29) is 5.84 Å². The number of rotatable bonds is 5. The van der Waals surface area contributed by atoms with Crippen molar-refractivity contribution < 1.29 is 9.47 Å². The van der Waals surface area contributed by atoms with Gasteiger partial charge in [0.2, 0.25) is 5.88 Å². The summed E-state index contributed by atoms with van der Waals surface area (Å²) in [6.07, 6.45) is 0. The number of nitrogens with two attached hydrogens (primary N) is 1. The minimum atomic E-state index is -0.0860. The van der Waals surface area contributed by atoms with Gasteiger partial charge in [-0.15, -0.1) is 0 Å². The number of nitrogen functional groups attached to an aromatic ring is 1. The molecule has 19 heavy (non-hydrogen) atoms. The molecule has 0 aliphatic heterocycles. The molecule has 1 aromatic carbocycles. The van der Waals surface area contributed by atoms with Crippen LogP contribution in [0.3, 0.4) is 0 Å². The summed E-state index contributed by atoms with van der Waals surface area (Å²) < 4.78 is 10.9. The lowest BCUT2D eigenvalue weighted by atomic mass is 10.3. The van der Waals surface area contributed by atoms with Gasteiger partial charge in [-0.1, -0.05) is 6.07 Å². The fourth-order valence-corrected chi connectivity index (χ4v) is 1.51. The predicted octanol–water partition coefficient (Wildman–Crippen LogP) is 2.56. The molecule has 3 N–H and O–H groups in total. The van der Waals surface area contributed by atoms with E-state index in [4.69, 9.17) is 20.6 Å². The van der Waals surface area contributed by atoms with Crippen molar-refractivity contribution in [1.29, 1.82) is 5.41 Å². The third kappa shape index (κ3) is 3.45. The van der Waals surface area contributed by atoms with Gasteiger partial charge in [-0.3, -0.25) is 5.41 Å². The second kappa shape index (κ2) is 5.86. The average molecular weight is 257 g/mol. The van der Waals surface area contributed by atoms with E-state index in [9.17, 15) is 0 Å². The van der Waals surface area contributed by atoms with Crippen LogP contribution in [0.4, 0.5) is 0 Å². The molecular weight excluding hydrogens is 242 g/mol. The topological polar surface area (TPSA) is 81.2 Å². The number of nitrogens with one attached hydrogen (secondary N) is 1. The van der Waals surface area contributed by atoms with Crippen molar-refractivity contribution in [2.24, 2.45) is 5.73 Å². The molecular formula is C14H15N3O2. The lowest BCUT2D eigenvalue weighted by Gasteiger charge is -2.07. The first-order valence-corrected chi connectivity index (χ1v) is 5.91. The van der Waals surface area contributed by atoms with E-state index in [1.165, 1.54) is 0 Å². The van der Waals surface area contributed by atoms with Gasteiger partial charge in [-0.05, 0) is 37.3 Å². The van der Waals surface area contributed by atoms with Gasteiger partial charge < -0.3 is 15.2 Å². The molecule has 0 aliphatic rings. The maximum absolute atomic E-state index is 7.33. The molecule has 2 aromatic rings. The standard InChI is InChI=1S/C14H15N3O2/c1-2-18-10-6-8-11(9-7-10)19-13-5-3-4-12(17-13)14(15)16/h3-9H,2H2,1H3,(H3,15,16). The van der Waals surface area contributed by atoms with Gasteiger partial charge in [0, 0.05) is 6.07 Å².